The Morgan fingerprint density at radius 3 is 2.34 bits per heavy atom. The maximum Gasteiger partial charge on any atom is 0.225 e. The molecule has 2 aliphatic carbocycles. The molecule has 1 N–H and O–H groups in total. The van der Waals surface area contributed by atoms with Crippen molar-refractivity contribution in [2.24, 2.45) is 5.92 Å². The van der Waals surface area contributed by atoms with Crippen molar-refractivity contribution in [3.63, 3.8) is 0 Å². The molecule has 8 heteroatoms. The van der Waals surface area contributed by atoms with Gasteiger partial charge in [0.1, 0.15) is 5.92 Å². The first kappa shape index (κ1) is 25.2. The first-order valence-corrected chi connectivity index (χ1v) is 13.8. The maximum absolute atomic E-state index is 13.2. The Morgan fingerprint density at radius 2 is 1.80 bits per heavy atom. The number of benzene rings is 2. The highest BCUT2D eigenvalue weighted by atomic mass is 35.5. The van der Waals surface area contributed by atoms with Crippen molar-refractivity contribution in [3.05, 3.63) is 93.5 Å². The number of amides is 1. The van der Waals surface area contributed by atoms with Gasteiger partial charge in [-0.05, 0) is 48.6 Å². The Morgan fingerprint density at radius 1 is 1.14 bits per heavy atom. The molecule has 0 radical (unpaired) electrons. The van der Waals surface area contributed by atoms with E-state index < -0.39 is 21.3 Å². The number of nitriles is 1. The molecule has 0 aromatic heterocycles. The van der Waals surface area contributed by atoms with Crippen LogP contribution in [0.15, 0.2) is 87.3 Å². The van der Waals surface area contributed by atoms with Gasteiger partial charge in [0.05, 0.1) is 22.9 Å². The van der Waals surface area contributed by atoms with Crippen LogP contribution >= 0.6 is 23.2 Å². The first-order valence-electron chi connectivity index (χ1n) is 11.2. The third-order valence-electron chi connectivity index (χ3n) is 6.28. The van der Waals surface area contributed by atoms with Gasteiger partial charge in [-0.2, -0.15) is 5.26 Å². The summed E-state index contributed by atoms with van der Waals surface area (Å²) in [7, 11) is -3.33. The van der Waals surface area contributed by atoms with Crippen LogP contribution in [0.25, 0.3) is 5.57 Å². The number of halogens is 2. The number of carbonyl (C=O) groups excluding carboxylic acids is 1. The van der Waals surface area contributed by atoms with Crippen LogP contribution in [0.3, 0.4) is 0 Å². The Kier molecular flexibility index (Phi) is 7.23. The van der Waals surface area contributed by atoms with E-state index in [2.05, 4.69) is 11.4 Å². The quantitative estimate of drug-likeness (QED) is 0.501. The molecule has 0 bridgehead atoms. The normalized spacial score (nSPS) is 22.1. The summed E-state index contributed by atoms with van der Waals surface area (Å²) in [4.78, 5) is 13.4. The van der Waals surface area contributed by atoms with Crippen molar-refractivity contribution in [1.82, 2.24) is 5.32 Å². The molecule has 4 rings (SSSR count). The third kappa shape index (κ3) is 5.38. The van der Waals surface area contributed by atoms with Crippen molar-refractivity contribution in [3.8, 4) is 6.07 Å². The minimum atomic E-state index is -3.33. The molecule has 0 heterocycles. The highest BCUT2D eigenvalue weighted by molar-refractivity contribution is 7.90. The standard InChI is InChI=1S/C27H24Cl2N2O3S/c1-35(33,34)21-12-10-18(11-13-21)14-24(32)31-27(15-19-6-5-7-19)16-23(28)25(26(29)22(27)17-30)20-8-3-2-4-9-20/h2-4,8-13,15-16,22H,5-7,14H2,1H3,(H,31,32). The van der Waals surface area contributed by atoms with E-state index in [1.165, 1.54) is 12.1 Å². The van der Waals surface area contributed by atoms with Gasteiger partial charge >= 0.3 is 0 Å². The second-order valence-electron chi connectivity index (χ2n) is 8.87. The number of rotatable bonds is 6. The summed E-state index contributed by atoms with van der Waals surface area (Å²) < 4.78 is 23.4. The smallest absolute Gasteiger partial charge is 0.225 e. The Labute approximate surface area is 215 Å². The van der Waals surface area contributed by atoms with Gasteiger partial charge in [-0.3, -0.25) is 4.79 Å². The molecule has 2 aliphatic rings. The Balaban J connectivity index is 1.68. The monoisotopic (exact) mass is 526 g/mol. The zero-order valence-electron chi connectivity index (χ0n) is 19.1. The van der Waals surface area contributed by atoms with Crippen LogP contribution in [0.1, 0.15) is 30.4 Å². The van der Waals surface area contributed by atoms with Gasteiger partial charge < -0.3 is 5.32 Å². The van der Waals surface area contributed by atoms with Gasteiger partial charge in [0.15, 0.2) is 9.84 Å². The maximum atomic E-state index is 13.2. The van der Waals surface area contributed by atoms with Crippen LogP contribution in [0.2, 0.25) is 0 Å². The van der Waals surface area contributed by atoms with E-state index in [1.807, 2.05) is 36.4 Å². The molecule has 1 fully saturated rings. The summed E-state index contributed by atoms with van der Waals surface area (Å²) in [6.07, 6.45) is 7.60. The molecule has 1 saturated carbocycles. The molecule has 0 spiro atoms. The average molecular weight is 527 g/mol. The van der Waals surface area contributed by atoms with E-state index in [9.17, 15) is 18.5 Å². The second-order valence-corrected chi connectivity index (χ2v) is 11.7. The lowest BCUT2D eigenvalue weighted by atomic mass is 9.74. The molecule has 5 nitrogen and oxygen atoms in total. The zero-order chi connectivity index (χ0) is 25.2. The molecule has 2 aromatic rings. The van der Waals surface area contributed by atoms with Crippen molar-refractivity contribution in [2.75, 3.05) is 6.26 Å². The molecule has 0 saturated heterocycles. The molecule has 2 atom stereocenters. The predicted octanol–water partition coefficient (Wildman–Crippen LogP) is 5.52. The van der Waals surface area contributed by atoms with Crippen LogP contribution < -0.4 is 5.32 Å². The number of hydrogen-bond acceptors (Lipinski definition) is 4. The summed E-state index contributed by atoms with van der Waals surface area (Å²) >= 11 is 13.5. The van der Waals surface area contributed by atoms with Gasteiger partial charge in [-0.25, -0.2) is 8.42 Å². The number of nitrogens with zero attached hydrogens (tertiary/aromatic N) is 1. The SMILES string of the molecule is CS(=O)(=O)c1ccc(CC(=O)NC2(C=C3CCC3)C=C(Cl)C(c3ccccc3)=C(Cl)C2C#N)cc1. The summed E-state index contributed by atoms with van der Waals surface area (Å²) in [5.41, 5.74) is 1.96. The van der Waals surface area contributed by atoms with E-state index >= 15 is 0 Å². The van der Waals surface area contributed by atoms with Gasteiger partial charge in [0, 0.05) is 21.9 Å². The number of carbonyl (C=O) groups is 1. The van der Waals surface area contributed by atoms with Gasteiger partial charge in [0.2, 0.25) is 5.91 Å². The van der Waals surface area contributed by atoms with Crippen LogP contribution in [-0.4, -0.2) is 26.1 Å². The summed E-state index contributed by atoms with van der Waals surface area (Å²) in [6, 6.07) is 17.8. The number of nitrogens with one attached hydrogen (secondary N) is 1. The van der Waals surface area contributed by atoms with Crippen LogP contribution in [-0.2, 0) is 21.1 Å². The van der Waals surface area contributed by atoms with Gasteiger partial charge in [-0.1, -0.05) is 77.3 Å². The van der Waals surface area contributed by atoms with E-state index in [1.54, 1.807) is 18.2 Å². The minimum Gasteiger partial charge on any atom is -0.342 e. The highest BCUT2D eigenvalue weighted by Crippen LogP contribution is 2.46. The molecule has 2 unspecified atom stereocenters. The van der Waals surface area contributed by atoms with Crippen LogP contribution in [0.4, 0.5) is 0 Å². The van der Waals surface area contributed by atoms with E-state index in [0.717, 1.165) is 36.7 Å². The molecule has 2 aromatic carbocycles. The fourth-order valence-corrected chi connectivity index (χ4v) is 5.85. The largest absolute Gasteiger partial charge is 0.342 e. The van der Waals surface area contributed by atoms with E-state index in [4.69, 9.17) is 23.2 Å². The Bertz CT molecular complexity index is 1380. The lowest BCUT2D eigenvalue weighted by Gasteiger charge is -2.39. The number of sulfone groups is 1. The average Bonchev–Trinajstić information content (AvgIpc) is 2.77. The molecule has 1 amide bonds. The first-order chi connectivity index (χ1) is 16.6. The number of hydrogen-bond donors (Lipinski definition) is 1. The highest BCUT2D eigenvalue weighted by Gasteiger charge is 2.44. The number of allylic oxidation sites excluding steroid dienone is 3. The lowest BCUT2D eigenvalue weighted by Crippen LogP contribution is -2.53. The molecular formula is C27H24Cl2N2O3S. The topological polar surface area (TPSA) is 87.0 Å². The van der Waals surface area contributed by atoms with Crippen molar-refractivity contribution >= 4 is 44.5 Å². The minimum absolute atomic E-state index is 0.00541. The predicted molar refractivity (Wildman–Crippen MR) is 138 cm³/mol. The van der Waals surface area contributed by atoms with E-state index in [0.29, 0.717) is 16.2 Å². The summed E-state index contributed by atoms with van der Waals surface area (Å²) in [6.45, 7) is 0. The molecule has 180 valence electrons. The summed E-state index contributed by atoms with van der Waals surface area (Å²) in [5, 5.41) is 13.8. The fraction of sp³-hybridized carbons (Fsp3) is 0.259. The fourth-order valence-electron chi connectivity index (χ4n) is 4.34. The summed E-state index contributed by atoms with van der Waals surface area (Å²) in [5.74, 6) is -1.20. The van der Waals surface area contributed by atoms with Crippen molar-refractivity contribution < 1.29 is 13.2 Å². The second kappa shape index (κ2) is 10.0. The molecule has 35 heavy (non-hydrogen) atoms. The zero-order valence-corrected chi connectivity index (χ0v) is 21.4. The third-order valence-corrected chi connectivity index (χ3v) is 8.11. The Hall–Kier alpha value is -2.85. The lowest BCUT2D eigenvalue weighted by molar-refractivity contribution is -0.121. The van der Waals surface area contributed by atoms with Crippen molar-refractivity contribution in [2.45, 2.75) is 36.1 Å². The van der Waals surface area contributed by atoms with Crippen molar-refractivity contribution in [1.29, 1.82) is 5.26 Å². The molecular weight excluding hydrogens is 503 g/mol. The van der Waals surface area contributed by atoms with Crippen LogP contribution in [0, 0.1) is 17.2 Å². The molecule has 0 aliphatic heterocycles. The van der Waals surface area contributed by atoms with Gasteiger partial charge in [-0.15, -0.1) is 0 Å². The van der Waals surface area contributed by atoms with E-state index in [-0.39, 0.29) is 22.3 Å². The van der Waals surface area contributed by atoms with Gasteiger partial charge in [0.25, 0.3) is 0 Å². The van der Waals surface area contributed by atoms with Crippen LogP contribution in [0.5, 0.6) is 0 Å².